The van der Waals surface area contributed by atoms with Crippen LogP contribution in [-0.2, 0) is 9.47 Å². The molecular formula is C14H30N4O6. The summed E-state index contributed by atoms with van der Waals surface area (Å²) in [6, 6.07) is -0.535. The zero-order valence-electron chi connectivity index (χ0n) is 14.0. The number of rotatable bonds is 15. The van der Waals surface area contributed by atoms with E-state index < -0.39 is 0 Å². The van der Waals surface area contributed by atoms with Gasteiger partial charge in [-0.1, -0.05) is 0 Å². The van der Waals surface area contributed by atoms with E-state index in [0.29, 0.717) is 39.4 Å². The molecular weight excluding hydrogens is 320 g/mol. The lowest BCUT2D eigenvalue weighted by Gasteiger charge is -2.09. The molecule has 10 nitrogen and oxygen atoms in total. The smallest absolute Gasteiger partial charge is 0.314 e. The Kier molecular flexibility index (Phi) is 16.5. The number of hydrogen-bond donors (Lipinski definition) is 6. The van der Waals surface area contributed by atoms with Crippen LogP contribution < -0.4 is 21.3 Å². The minimum Gasteiger partial charge on any atom is -0.394 e. The number of aliphatic hydroxyl groups excluding tert-OH is 2. The van der Waals surface area contributed by atoms with E-state index in [2.05, 4.69) is 21.3 Å². The van der Waals surface area contributed by atoms with Crippen LogP contribution in [0, 0.1) is 0 Å². The highest BCUT2D eigenvalue weighted by Crippen LogP contribution is 1.85. The Morgan fingerprint density at radius 2 is 1.00 bits per heavy atom. The van der Waals surface area contributed by atoms with Crippen molar-refractivity contribution in [1.29, 1.82) is 0 Å². The van der Waals surface area contributed by atoms with Crippen LogP contribution in [0.1, 0.15) is 12.8 Å². The minimum atomic E-state index is -0.267. The fraction of sp³-hybridized carbons (Fsp3) is 0.857. The number of amides is 4. The van der Waals surface area contributed by atoms with Crippen molar-refractivity contribution >= 4 is 12.1 Å². The van der Waals surface area contributed by atoms with Crippen LogP contribution in [-0.4, -0.2) is 88.1 Å². The normalized spacial score (nSPS) is 10.2. The van der Waals surface area contributed by atoms with Crippen LogP contribution in [0.25, 0.3) is 0 Å². The molecule has 142 valence electrons. The second kappa shape index (κ2) is 17.7. The zero-order chi connectivity index (χ0) is 17.9. The standard InChI is InChI=1S/C14H30N4O6/c19-7-11-23-9-5-17-13(21)15-3-1-2-4-16-14(22)18-6-10-24-12-8-20/h19-20H,1-12H2,(H2,15,17,21)(H2,16,18,22). The summed E-state index contributed by atoms with van der Waals surface area (Å²) in [7, 11) is 0. The van der Waals surface area contributed by atoms with Gasteiger partial charge >= 0.3 is 12.1 Å². The Hall–Kier alpha value is -1.62. The topological polar surface area (TPSA) is 141 Å². The third-order valence-corrected chi connectivity index (χ3v) is 2.71. The zero-order valence-corrected chi connectivity index (χ0v) is 14.0. The molecule has 0 rings (SSSR count). The Morgan fingerprint density at radius 3 is 1.38 bits per heavy atom. The molecule has 0 saturated carbocycles. The molecule has 24 heavy (non-hydrogen) atoms. The van der Waals surface area contributed by atoms with E-state index in [1.165, 1.54) is 0 Å². The van der Waals surface area contributed by atoms with Gasteiger partial charge in [-0.25, -0.2) is 9.59 Å². The molecule has 0 saturated heterocycles. The highest BCUT2D eigenvalue weighted by molar-refractivity contribution is 5.74. The van der Waals surface area contributed by atoms with E-state index in [9.17, 15) is 9.59 Å². The maximum absolute atomic E-state index is 11.4. The van der Waals surface area contributed by atoms with Crippen molar-refractivity contribution in [3.05, 3.63) is 0 Å². The van der Waals surface area contributed by atoms with E-state index in [-0.39, 0.29) is 38.5 Å². The number of unbranched alkanes of at least 4 members (excludes halogenated alkanes) is 1. The van der Waals surface area contributed by atoms with Gasteiger partial charge in [-0.3, -0.25) is 0 Å². The number of hydrogen-bond acceptors (Lipinski definition) is 6. The van der Waals surface area contributed by atoms with Gasteiger partial charge in [0.05, 0.1) is 39.6 Å². The molecule has 0 radical (unpaired) electrons. The fourth-order valence-corrected chi connectivity index (χ4v) is 1.59. The van der Waals surface area contributed by atoms with Crippen LogP contribution in [0.2, 0.25) is 0 Å². The number of carbonyl (C=O) groups is 2. The van der Waals surface area contributed by atoms with Gasteiger partial charge in [0.25, 0.3) is 0 Å². The van der Waals surface area contributed by atoms with Crippen molar-refractivity contribution in [2.24, 2.45) is 0 Å². The molecule has 0 aliphatic heterocycles. The Bertz CT molecular complexity index is 290. The van der Waals surface area contributed by atoms with E-state index in [1.54, 1.807) is 0 Å². The van der Waals surface area contributed by atoms with Crippen LogP contribution in [0.15, 0.2) is 0 Å². The maximum atomic E-state index is 11.4. The number of carbonyl (C=O) groups excluding carboxylic acids is 2. The third kappa shape index (κ3) is 16.7. The SMILES string of the molecule is O=C(NCCCCNC(=O)NCCOCCO)NCCOCCO. The highest BCUT2D eigenvalue weighted by Gasteiger charge is 2.00. The number of nitrogens with one attached hydrogen (secondary N) is 4. The Morgan fingerprint density at radius 1 is 0.625 bits per heavy atom. The summed E-state index contributed by atoms with van der Waals surface area (Å²) >= 11 is 0. The largest absolute Gasteiger partial charge is 0.394 e. The quantitative estimate of drug-likeness (QED) is 0.196. The Labute approximate surface area is 142 Å². The van der Waals surface area contributed by atoms with Gasteiger partial charge in [-0.15, -0.1) is 0 Å². The van der Waals surface area contributed by atoms with Gasteiger partial charge in [0, 0.05) is 26.2 Å². The summed E-state index contributed by atoms with van der Waals surface area (Å²) in [5.74, 6) is 0. The monoisotopic (exact) mass is 350 g/mol. The average molecular weight is 350 g/mol. The summed E-state index contributed by atoms with van der Waals surface area (Å²) in [5.41, 5.74) is 0. The number of aliphatic hydroxyl groups is 2. The molecule has 10 heteroatoms. The minimum absolute atomic E-state index is 0.0320. The van der Waals surface area contributed by atoms with E-state index >= 15 is 0 Å². The van der Waals surface area contributed by atoms with Gasteiger partial charge in [0.1, 0.15) is 0 Å². The van der Waals surface area contributed by atoms with Gasteiger partial charge in [-0.05, 0) is 12.8 Å². The van der Waals surface area contributed by atoms with Gasteiger partial charge in [0.2, 0.25) is 0 Å². The maximum Gasteiger partial charge on any atom is 0.314 e. The summed E-state index contributed by atoms with van der Waals surface area (Å²) in [6.45, 7) is 2.98. The molecule has 0 aliphatic rings. The first-order valence-electron chi connectivity index (χ1n) is 8.11. The molecule has 0 heterocycles. The van der Waals surface area contributed by atoms with Gasteiger partial charge in [0.15, 0.2) is 0 Å². The van der Waals surface area contributed by atoms with E-state index in [1.807, 2.05) is 0 Å². The van der Waals surface area contributed by atoms with E-state index in [0.717, 1.165) is 12.8 Å². The molecule has 0 aromatic carbocycles. The molecule has 0 aromatic rings. The lowest BCUT2D eigenvalue weighted by molar-refractivity contribution is 0.0947. The van der Waals surface area contributed by atoms with Crippen molar-refractivity contribution in [1.82, 2.24) is 21.3 Å². The number of urea groups is 2. The van der Waals surface area contributed by atoms with Crippen LogP contribution in [0.5, 0.6) is 0 Å². The lowest BCUT2D eigenvalue weighted by Crippen LogP contribution is -2.39. The van der Waals surface area contributed by atoms with Crippen LogP contribution in [0.4, 0.5) is 9.59 Å². The highest BCUT2D eigenvalue weighted by atomic mass is 16.5. The van der Waals surface area contributed by atoms with Crippen molar-refractivity contribution in [2.75, 3.05) is 65.8 Å². The van der Waals surface area contributed by atoms with Crippen molar-refractivity contribution in [3.8, 4) is 0 Å². The predicted octanol–water partition coefficient (Wildman–Crippen LogP) is -1.62. The average Bonchev–Trinajstić information content (AvgIpc) is 2.57. The lowest BCUT2D eigenvalue weighted by atomic mass is 10.3. The van der Waals surface area contributed by atoms with Crippen molar-refractivity contribution in [3.63, 3.8) is 0 Å². The second-order valence-electron chi connectivity index (χ2n) is 4.74. The first-order chi connectivity index (χ1) is 11.7. The summed E-state index contributed by atoms with van der Waals surface area (Å²) in [6.07, 6.45) is 1.49. The second-order valence-corrected chi connectivity index (χ2v) is 4.74. The van der Waals surface area contributed by atoms with Gasteiger partial charge < -0.3 is 41.0 Å². The van der Waals surface area contributed by atoms with Crippen molar-refractivity contribution < 1.29 is 29.3 Å². The first-order valence-corrected chi connectivity index (χ1v) is 8.11. The van der Waals surface area contributed by atoms with Crippen LogP contribution >= 0.6 is 0 Å². The third-order valence-electron chi connectivity index (χ3n) is 2.71. The van der Waals surface area contributed by atoms with Crippen LogP contribution in [0.3, 0.4) is 0 Å². The van der Waals surface area contributed by atoms with Gasteiger partial charge in [-0.2, -0.15) is 0 Å². The summed E-state index contributed by atoms with van der Waals surface area (Å²) in [5, 5.41) is 27.6. The van der Waals surface area contributed by atoms with Crippen molar-refractivity contribution in [2.45, 2.75) is 12.8 Å². The van der Waals surface area contributed by atoms with E-state index in [4.69, 9.17) is 19.7 Å². The molecule has 0 fully saturated rings. The molecule has 0 unspecified atom stereocenters. The Balaban J connectivity index is 3.28. The molecule has 4 amide bonds. The molecule has 0 aromatic heterocycles. The molecule has 0 spiro atoms. The molecule has 6 N–H and O–H groups in total. The molecule has 0 aliphatic carbocycles. The predicted molar refractivity (Wildman–Crippen MR) is 87.8 cm³/mol. The summed E-state index contributed by atoms with van der Waals surface area (Å²) in [4.78, 5) is 22.8. The fourth-order valence-electron chi connectivity index (χ4n) is 1.59. The summed E-state index contributed by atoms with van der Waals surface area (Å²) < 4.78 is 10.0. The first kappa shape index (κ1) is 22.4. The number of ether oxygens (including phenoxy) is 2. The molecule has 0 bridgehead atoms. The molecule has 0 atom stereocenters.